The number of imidazole rings is 1. The fourth-order valence-corrected chi connectivity index (χ4v) is 15.1. The van der Waals surface area contributed by atoms with Gasteiger partial charge >= 0.3 is 11.9 Å². The molecule has 1 amide bonds. The van der Waals surface area contributed by atoms with Gasteiger partial charge in [-0.15, -0.1) is 0 Å². The topological polar surface area (TPSA) is 102 Å². The van der Waals surface area contributed by atoms with Crippen molar-refractivity contribution in [3.8, 4) is 0 Å². The maximum absolute atomic E-state index is 15.1. The third-order valence-corrected chi connectivity index (χ3v) is 18.3. The number of hydrogen-bond acceptors (Lipinski definition) is 5. The van der Waals surface area contributed by atoms with E-state index in [1.54, 1.807) is 0 Å². The van der Waals surface area contributed by atoms with Crippen molar-refractivity contribution >= 4 is 17.8 Å². The van der Waals surface area contributed by atoms with Crippen LogP contribution >= 0.6 is 0 Å². The molecule has 0 bridgehead atoms. The highest BCUT2D eigenvalue weighted by atomic mass is 16.5. The predicted octanol–water partition coefficient (Wildman–Crippen LogP) is 8.73. The average molecular weight is 718 g/mol. The number of aromatic nitrogens is 2. The highest BCUT2D eigenvalue weighted by Crippen LogP contribution is 2.76. The molecule has 6 aliphatic carbocycles. The fourth-order valence-electron chi connectivity index (χ4n) is 15.1. The van der Waals surface area contributed by atoms with Crippen molar-refractivity contribution in [2.75, 3.05) is 6.54 Å². The Morgan fingerprint density at radius 2 is 1.65 bits per heavy atom. The quantitative estimate of drug-likeness (QED) is 0.283. The van der Waals surface area contributed by atoms with Crippen LogP contribution in [0.1, 0.15) is 150 Å². The second-order valence-electron chi connectivity index (χ2n) is 20.3. The van der Waals surface area contributed by atoms with Gasteiger partial charge in [-0.25, -0.2) is 4.98 Å². The summed E-state index contributed by atoms with van der Waals surface area (Å²) < 4.78 is 8.58. The molecule has 1 aromatic rings. The van der Waals surface area contributed by atoms with Gasteiger partial charge in [0.05, 0.1) is 17.3 Å². The van der Waals surface area contributed by atoms with Gasteiger partial charge in [-0.1, -0.05) is 54.9 Å². The number of rotatable bonds is 7. The Labute approximate surface area is 312 Å². The minimum absolute atomic E-state index is 0.0714. The molecule has 288 valence electrons. The zero-order valence-corrected chi connectivity index (χ0v) is 33.2. The molecule has 7 fully saturated rings. The van der Waals surface area contributed by atoms with Gasteiger partial charge in [0.2, 0.25) is 5.91 Å². The van der Waals surface area contributed by atoms with Crippen LogP contribution in [-0.2, 0) is 25.7 Å². The van der Waals surface area contributed by atoms with Gasteiger partial charge in [0.25, 0.3) is 0 Å². The molecule has 8 rings (SSSR count). The number of likely N-dealkylation sites (tertiary alicyclic amines) is 1. The molecule has 1 aliphatic heterocycles. The van der Waals surface area contributed by atoms with E-state index >= 15 is 4.79 Å². The van der Waals surface area contributed by atoms with E-state index in [2.05, 4.69) is 62.2 Å². The fraction of sp³-hybridized carbons (Fsp3) is 0.864. The highest BCUT2D eigenvalue weighted by Gasteiger charge is 2.70. The number of hydrogen-bond donors (Lipinski definition) is 1. The lowest BCUT2D eigenvalue weighted by molar-refractivity contribution is -0.236. The van der Waals surface area contributed by atoms with Crippen molar-refractivity contribution in [2.45, 2.75) is 163 Å². The lowest BCUT2D eigenvalue weighted by Gasteiger charge is -2.71. The smallest absolute Gasteiger partial charge is 0.309 e. The molecule has 0 spiro atoms. The zero-order valence-electron chi connectivity index (χ0n) is 33.2. The number of carbonyl (C=O) groups excluding carboxylic acids is 2. The molecule has 1 saturated heterocycles. The summed E-state index contributed by atoms with van der Waals surface area (Å²) in [5.41, 5.74) is 0.488. The van der Waals surface area contributed by atoms with Crippen LogP contribution in [0, 0.1) is 69.0 Å². The molecular formula is C44H67N3O5. The monoisotopic (exact) mass is 718 g/mol. The van der Waals surface area contributed by atoms with Crippen LogP contribution in [0.25, 0.3) is 0 Å². The summed E-state index contributed by atoms with van der Waals surface area (Å²) in [4.78, 5) is 46.8. The van der Waals surface area contributed by atoms with Gasteiger partial charge in [-0.3, -0.25) is 14.4 Å². The molecule has 8 heteroatoms. The van der Waals surface area contributed by atoms with Gasteiger partial charge < -0.3 is 19.3 Å². The third-order valence-electron chi connectivity index (χ3n) is 18.3. The third kappa shape index (κ3) is 5.16. The van der Waals surface area contributed by atoms with E-state index in [4.69, 9.17) is 4.74 Å². The van der Waals surface area contributed by atoms with Crippen molar-refractivity contribution in [3.63, 3.8) is 0 Å². The number of nitrogens with zero attached hydrogens (tertiary/aromatic N) is 3. The first-order valence-electron chi connectivity index (χ1n) is 21.4. The minimum Gasteiger partial charge on any atom is -0.481 e. The summed E-state index contributed by atoms with van der Waals surface area (Å²) in [5, 5.41) is 9.46. The van der Waals surface area contributed by atoms with Gasteiger partial charge in [0.1, 0.15) is 11.9 Å². The Morgan fingerprint density at radius 3 is 2.38 bits per heavy atom. The van der Waals surface area contributed by atoms with E-state index in [9.17, 15) is 14.7 Å². The zero-order chi connectivity index (χ0) is 37.0. The number of aliphatic carboxylic acids is 1. The summed E-state index contributed by atoms with van der Waals surface area (Å²) in [7, 11) is 0. The standard InChI is InChI=1S/C44H67N3O5/c1-26(2)37-45-21-23-46(37)25-29-10-9-22-47(29)40(51)44-16-8-11-34(44)33-12-13-36-41(5)17-15-35(52-39(50)31-24-30(27(31)3)38(48)49)28(4)32(41)14-18-43(36,7)42(33,6)19-20-44/h21,23,26-36H,8-20,22,24-25H2,1-7H3,(H,48,49)/t27?,28?,29?,30?,31?,32?,33?,34?,35?,36?,41?,42-,43?,44?/m1/s1. The Kier molecular flexibility index (Phi) is 9.04. The molecule has 7 aliphatic rings. The number of fused-ring (bicyclic) bond motifs is 7. The molecule has 0 radical (unpaired) electrons. The maximum atomic E-state index is 15.1. The molecular weight excluding hydrogens is 651 g/mol. The Bertz CT molecular complexity index is 1570. The normalized spacial score (nSPS) is 46.8. The first-order chi connectivity index (χ1) is 24.7. The molecule has 1 N–H and O–H groups in total. The molecule has 13 unspecified atom stereocenters. The van der Waals surface area contributed by atoms with Crippen molar-refractivity contribution in [1.29, 1.82) is 0 Å². The number of esters is 1. The number of carboxylic acids is 1. The van der Waals surface area contributed by atoms with Crippen molar-refractivity contribution in [3.05, 3.63) is 18.2 Å². The van der Waals surface area contributed by atoms with Crippen LogP contribution in [0.3, 0.4) is 0 Å². The van der Waals surface area contributed by atoms with Crippen LogP contribution < -0.4 is 0 Å². The summed E-state index contributed by atoms with van der Waals surface area (Å²) in [6.45, 7) is 18.3. The second-order valence-corrected chi connectivity index (χ2v) is 20.3. The van der Waals surface area contributed by atoms with E-state index in [-0.39, 0.29) is 51.6 Å². The lowest BCUT2D eigenvalue weighted by Crippen LogP contribution is -2.66. The predicted molar refractivity (Wildman–Crippen MR) is 200 cm³/mol. The summed E-state index contributed by atoms with van der Waals surface area (Å²) in [6.07, 6.45) is 19.2. The number of carbonyl (C=O) groups is 3. The summed E-state index contributed by atoms with van der Waals surface area (Å²) in [6, 6.07) is 0.266. The van der Waals surface area contributed by atoms with Gasteiger partial charge in [0.15, 0.2) is 0 Å². The molecule has 52 heavy (non-hydrogen) atoms. The Morgan fingerprint density at radius 1 is 0.865 bits per heavy atom. The largest absolute Gasteiger partial charge is 0.481 e. The van der Waals surface area contributed by atoms with Crippen LogP contribution in [0.2, 0.25) is 0 Å². The average Bonchev–Trinajstić information content (AvgIpc) is 3.86. The molecule has 0 aromatic carbocycles. The van der Waals surface area contributed by atoms with Crippen LogP contribution in [0.15, 0.2) is 12.4 Å². The Hall–Kier alpha value is -2.38. The van der Waals surface area contributed by atoms with E-state index < -0.39 is 11.9 Å². The van der Waals surface area contributed by atoms with Crippen molar-refractivity contribution in [2.24, 2.45) is 69.0 Å². The maximum Gasteiger partial charge on any atom is 0.309 e. The summed E-state index contributed by atoms with van der Waals surface area (Å²) >= 11 is 0. The van der Waals surface area contributed by atoms with Gasteiger partial charge in [-0.2, -0.15) is 0 Å². The molecule has 8 nitrogen and oxygen atoms in total. The highest BCUT2D eigenvalue weighted by molar-refractivity contribution is 5.84. The van der Waals surface area contributed by atoms with E-state index in [0.717, 1.165) is 63.9 Å². The molecule has 1 aromatic heterocycles. The molecule has 2 heterocycles. The van der Waals surface area contributed by atoms with Gasteiger partial charge in [-0.05, 0) is 135 Å². The summed E-state index contributed by atoms with van der Waals surface area (Å²) in [5.74, 6) is 2.74. The molecule has 14 atom stereocenters. The van der Waals surface area contributed by atoms with E-state index in [1.807, 2.05) is 13.1 Å². The van der Waals surface area contributed by atoms with Gasteiger partial charge in [0, 0.05) is 37.4 Å². The minimum atomic E-state index is -0.794. The van der Waals surface area contributed by atoms with E-state index in [1.165, 1.54) is 38.5 Å². The van der Waals surface area contributed by atoms with Crippen LogP contribution in [-0.4, -0.2) is 56.1 Å². The van der Waals surface area contributed by atoms with E-state index in [0.29, 0.717) is 47.8 Å². The lowest BCUT2D eigenvalue weighted by atomic mass is 9.33. The molecule has 6 saturated carbocycles. The first-order valence-corrected chi connectivity index (χ1v) is 21.4. The van der Waals surface area contributed by atoms with Crippen molar-refractivity contribution < 1.29 is 24.2 Å². The van der Waals surface area contributed by atoms with Crippen LogP contribution in [0.5, 0.6) is 0 Å². The first kappa shape index (κ1) is 36.6. The Balaban J connectivity index is 0.980. The number of amides is 1. The SMILES string of the molecule is CC(C)c1nccn1CC1CCCN1C(=O)C12CCCC1C1CCC3C4(C)CCC(OC(=O)C5CC(C(=O)O)C5C)C(C)C4CCC3(C)[C@]1(C)CC2. The number of ether oxygens (including phenoxy) is 1. The van der Waals surface area contributed by atoms with Crippen LogP contribution in [0.4, 0.5) is 0 Å². The second kappa shape index (κ2) is 12.9. The number of carboxylic acid groups (broad SMARTS) is 1. The van der Waals surface area contributed by atoms with Crippen molar-refractivity contribution in [1.82, 2.24) is 14.5 Å².